The van der Waals surface area contributed by atoms with Crippen molar-refractivity contribution in [2.45, 2.75) is 32.1 Å². The highest BCUT2D eigenvalue weighted by atomic mass is 16.5. The largest absolute Gasteiger partial charge is 0.493 e. The Morgan fingerprint density at radius 2 is 2.12 bits per heavy atom. The molecule has 0 bridgehead atoms. The third kappa shape index (κ3) is 3.13. The van der Waals surface area contributed by atoms with Crippen molar-refractivity contribution < 1.29 is 4.74 Å². The van der Waals surface area contributed by atoms with E-state index in [-0.39, 0.29) is 0 Å². The van der Waals surface area contributed by atoms with Crippen LogP contribution >= 0.6 is 0 Å². The molecule has 2 rings (SSSR count). The van der Waals surface area contributed by atoms with Crippen LogP contribution in [-0.2, 0) is 6.42 Å². The maximum atomic E-state index is 8.69. The van der Waals surface area contributed by atoms with E-state index in [1.807, 2.05) is 18.2 Å². The van der Waals surface area contributed by atoms with Crippen molar-refractivity contribution >= 4 is 5.69 Å². The van der Waals surface area contributed by atoms with Crippen LogP contribution in [-0.4, -0.2) is 6.61 Å². The fraction of sp³-hybridized carbons (Fsp3) is 0.500. The summed E-state index contributed by atoms with van der Waals surface area (Å²) >= 11 is 0. The molecule has 3 nitrogen and oxygen atoms in total. The molecule has 2 N–H and O–H groups in total. The van der Waals surface area contributed by atoms with Crippen LogP contribution in [0.1, 0.15) is 31.2 Å². The van der Waals surface area contributed by atoms with Crippen molar-refractivity contribution in [3.63, 3.8) is 0 Å². The quantitative estimate of drug-likeness (QED) is 0.809. The first-order chi connectivity index (χ1) is 8.29. The Labute approximate surface area is 102 Å². The normalized spacial score (nSPS) is 15.7. The number of rotatable bonds is 4. The molecule has 1 aromatic carbocycles. The van der Waals surface area contributed by atoms with Gasteiger partial charge in [0.05, 0.1) is 19.1 Å². The summed E-state index contributed by atoms with van der Waals surface area (Å²) < 4.78 is 5.77. The lowest BCUT2D eigenvalue weighted by Gasteiger charge is -2.12. The predicted molar refractivity (Wildman–Crippen MR) is 67.6 cm³/mol. The van der Waals surface area contributed by atoms with Gasteiger partial charge in [-0.1, -0.05) is 12.8 Å². The van der Waals surface area contributed by atoms with Crippen LogP contribution in [0.15, 0.2) is 18.2 Å². The number of ether oxygens (including phenoxy) is 1. The van der Waals surface area contributed by atoms with Gasteiger partial charge in [0.15, 0.2) is 0 Å². The molecular weight excluding hydrogens is 212 g/mol. The Morgan fingerprint density at radius 3 is 2.82 bits per heavy atom. The Kier molecular flexibility index (Phi) is 3.87. The molecule has 0 unspecified atom stereocenters. The van der Waals surface area contributed by atoms with Gasteiger partial charge in [0.1, 0.15) is 5.75 Å². The van der Waals surface area contributed by atoms with Crippen LogP contribution in [0.5, 0.6) is 5.75 Å². The minimum absolute atomic E-state index is 0.340. The zero-order valence-corrected chi connectivity index (χ0v) is 9.98. The number of hydrogen-bond acceptors (Lipinski definition) is 3. The zero-order valence-electron chi connectivity index (χ0n) is 9.98. The van der Waals surface area contributed by atoms with Gasteiger partial charge in [-0.05, 0) is 42.5 Å². The first-order valence-electron chi connectivity index (χ1n) is 6.17. The minimum Gasteiger partial charge on any atom is -0.493 e. The molecule has 0 saturated heterocycles. The van der Waals surface area contributed by atoms with Crippen LogP contribution in [0.4, 0.5) is 5.69 Å². The second-order valence-corrected chi connectivity index (χ2v) is 4.66. The highest BCUT2D eigenvalue weighted by Gasteiger charge is 2.15. The van der Waals surface area contributed by atoms with Gasteiger partial charge >= 0.3 is 0 Å². The lowest BCUT2D eigenvalue weighted by atomic mass is 10.1. The maximum absolute atomic E-state index is 8.69. The summed E-state index contributed by atoms with van der Waals surface area (Å²) in [6.45, 7) is 0.788. The molecule has 0 spiro atoms. The molecule has 0 heterocycles. The molecule has 90 valence electrons. The smallest absolute Gasteiger partial charge is 0.119 e. The third-order valence-corrected chi connectivity index (χ3v) is 3.34. The Bertz CT molecular complexity index is 417. The van der Waals surface area contributed by atoms with E-state index in [2.05, 4.69) is 6.07 Å². The van der Waals surface area contributed by atoms with Gasteiger partial charge < -0.3 is 10.5 Å². The number of nitrogen functional groups attached to an aromatic ring is 1. The number of nitrogens with zero attached hydrogens (tertiary/aromatic N) is 1. The van der Waals surface area contributed by atoms with Crippen LogP contribution in [0.25, 0.3) is 0 Å². The summed E-state index contributed by atoms with van der Waals surface area (Å²) in [6, 6.07) is 7.69. The van der Waals surface area contributed by atoms with E-state index in [1.54, 1.807) is 0 Å². The van der Waals surface area contributed by atoms with Crippen molar-refractivity contribution in [2.24, 2.45) is 5.92 Å². The van der Waals surface area contributed by atoms with E-state index >= 15 is 0 Å². The van der Waals surface area contributed by atoms with Crippen molar-refractivity contribution in [1.29, 1.82) is 5.26 Å². The highest BCUT2D eigenvalue weighted by molar-refractivity contribution is 5.51. The molecule has 0 amide bonds. The molecule has 1 saturated carbocycles. The summed E-state index contributed by atoms with van der Waals surface area (Å²) in [5, 5.41) is 8.69. The summed E-state index contributed by atoms with van der Waals surface area (Å²) in [5.74, 6) is 1.53. The lowest BCUT2D eigenvalue weighted by molar-refractivity contribution is 0.252. The second kappa shape index (κ2) is 5.58. The molecule has 1 aliphatic rings. The van der Waals surface area contributed by atoms with Crippen LogP contribution < -0.4 is 10.5 Å². The average molecular weight is 230 g/mol. The fourth-order valence-electron chi connectivity index (χ4n) is 2.30. The number of hydrogen-bond donors (Lipinski definition) is 1. The lowest BCUT2D eigenvalue weighted by Crippen LogP contribution is -2.08. The Balaban J connectivity index is 1.96. The van der Waals surface area contributed by atoms with Gasteiger partial charge in [0.2, 0.25) is 0 Å². The zero-order chi connectivity index (χ0) is 12.1. The van der Waals surface area contributed by atoms with Gasteiger partial charge in [0.25, 0.3) is 0 Å². The number of nitriles is 1. The van der Waals surface area contributed by atoms with Gasteiger partial charge in [0, 0.05) is 5.69 Å². The van der Waals surface area contributed by atoms with Crippen LogP contribution in [0.3, 0.4) is 0 Å². The number of nitrogens with two attached hydrogens (primary N) is 1. The highest BCUT2D eigenvalue weighted by Crippen LogP contribution is 2.26. The summed E-state index contributed by atoms with van der Waals surface area (Å²) in [6.07, 6.45) is 5.55. The summed E-state index contributed by atoms with van der Waals surface area (Å²) in [4.78, 5) is 0. The number of benzene rings is 1. The van der Waals surface area contributed by atoms with Gasteiger partial charge in [-0.25, -0.2) is 0 Å². The van der Waals surface area contributed by atoms with E-state index in [0.29, 0.717) is 18.0 Å². The van der Waals surface area contributed by atoms with Crippen LogP contribution in [0, 0.1) is 17.2 Å². The summed E-state index contributed by atoms with van der Waals surface area (Å²) in [5.41, 5.74) is 7.31. The number of anilines is 1. The van der Waals surface area contributed by atoms with E-state index < -0.39 is 0 Å². The Morgan fingerprint density at radius 1 is 1.35 bits per heavy atom. The molecule has 0 aliphatic heterocycles. The monoisotopic (exact) mass is 230 g/mol. The Hall–Kier alpha value is -1.69. The van der Waals surface area contributed by atoms with Crippen molar-refractivity contribution in [2.75, 3.05) is 12.3 Å². The van der Waals surface area contributed by atoms with Crippen molar-refractivity contribution in [3.8, 4) is 11.8 Å². The third-order valence-electron chi connectivity index (χ3n) is 3.34. The van der Waals surface area contributed by atoms with Crippen molar-refractivity contribution in [1.82, 2.24) is 0 Å². The van der Waals surface area contributed by atoms with Gasteiger partial charge in [-0.3, -0.25) is 0 Å². The predicted octanol–water partition coefficient (Wildman–Crippen LogP) is 2.90. The van der Waals surface area contributed by atoms with Crippen molar-refractivity contribution in [3.05, 3.63) is 23.8 Å². The maximum Gasteiger partial charge on any atom is 0.119 e. The van der Waals surface area contributed by atoms with Gasteiger partial charge in [-0.15, -0.1) is 0 Å². The molecule has 3 heteroatoms. The molecular formula is C14H18N2O. The van der Waals surface area contributed by atoms with E-state index in [1.165, 1.54) is 25.7 Å². The molecule has 1 fully saturated rings. The molecule has 0 aromatic heterocycles. The molecule has 0 atom stereocenters. The summed E-state index contributed by atoms with van der Waals surface area (Å²) in [7, 11) is 0. The van der Waals surface area contributed by atoms with E-state index in [4.69, 9.17) is 15.7 Å². The first kappa shape index (κ1) is 11.8. The second-order valence-electron chi connectivity index (χ2n) is 4.66. The molecule has 1 aliphatic carbocycles. The van der Waals surface area contributed by atoms with Crippen LogP contribution in [0.2, 0.25) is 0 Å². The standard InChI is InChI=1S/C14H18N2O/c15-8-7-12-9-13(5-6-14(12)16)17-10-11-3-1-2-4-11/h5-6,9,11H,1-4,7,10,16H2. The molecule has 1 aromatic rings. The molecule has 17 heavy (non-hydrogen) atoms. The van der Waals surface area contributed by atoms with Gasteiger partial charge in [-0.2, -0.15) is 5.26 Å². The topological polar surface area (TPSA) is 59.0 Å². The van der Waals surface area contributed by atoms with E-state index in [0.717, 1.165) is 17.9 Å². The van der Waals surface area contributed by atoms with E-state index in [9.17, 15) is 0 Å². The first-order valence-corrected chi connectivity index (χ1v) is 6.17. The SMILES string of the molecule is N#CCc1cc(OCC2CCCC2)ccc1N. The fourth-order valence-corrected chi connectivity index (χ4v) is 2.30. The minimum atomic E-state index is 0.340. The average Bonchev–Trinajstić information content (AvgIpc) is 2.83. The molecule has 0 radical (unpaired) electrons.